The molecular formula is C7H11NO3. The van der Waals surface area contributed by atoms with Gasteiger partial charge in [0.25, 0.3) is 0 Å². The zero-order valence-electron chi connectivity index (χ0n) is 6.25. The topological polar surface area (TPSA) is 66.7 Å². The molecule has 0 aromatic heterocycles. The Morgan fingerprint density at radius 1 is 1.36 bits per heavy atom. The van der Waals surface area contributed by atoms with Crippen LogP contribution in [0.15, 0.2) is 4.99 Å². The molecule has 0 radical (unpaired) electrons. The lowest BCUT2D eigenvalue weighted by Crippen LogP contribution is -1.93. The van der Waals surface area contributed by atoms with Crippen molar-refractivity contribution in [3.05, 3.63) is 0 Å². The molecule has 11 heavy (non-hydrogen) atoms. The molecule has 0 aliphatic heterocycles. The van der Waals surface area contributed by atoms with Gasteiger partial charge < -0.3 is 5.11 Å². The normalized spacial score (nSPS) is 8.73. The summed E-state index contributed by atoms with van der Waals surface area (Å²) < 4.78 is 0. The summed E-state index contributed by atoms with van der Waals surface area (Å²) in [5, 5.41) is 8.23. The summed E-state index contributed by atoms with van der Waals surface area (Å²) in [6.45, 7) is 0.461. The quantitative estimate of drug-likeness (QED) is 0.355. The highest BCUT2D eigenvalue weighted by Crippen LogP contribution is 1.99. The third-order valence-electron chi connectivity index (χ3n) is 1.23. The second-order valence-corrected chi connectivity index (χ2v) is 2.18. The van der Waals surface area contributed by atoms with Gasteiger partial charge >= 0.3 is 5.97 Å². The number of aliphatic imine (C=N–C) groups is 1. The van der Waals surface area contributed by atoms with E-state index in [9.17, 15) is 9.59 Å². The summed E-state index contributed by atoms with van der Waals surface area (Å²) >= 11 is 0. The van der Waals surface area contributed by atoms with Crippen LogP contribution >= 0.6 is 0 Å². The standard InChI is InChI=1S/C7H11NO3/c9-6-8-5-3-1-2-4-7(10)11/h1-5H2,(H,10,11). The summed E-state index contributed by atoms with van der Waals surface area (Å²) in [6, 6.07) is 0. The number of isocyanates is 1. The highest BCUT2D eigenvalue weighted by Gasteiger charge is 1.94. The number of carboxylic acid groups (broad SMARTS) is 1. The van der Waals surface area contributed by atoms with Gasteiger partial charge in [0.05, 0.1) is 6.54 Å². The van der Waals surface area contributed by atoms with Crippen molar-refractivity contribution in [2.24, 2.45) is 4.99 Å². The molecular weight excluding hydrogens is 146 g/mol. The van der Waals surface area contributed by atoms with Crippen LogP contribution in [0.5, 0.6) is 0 Å². The number of carboxylic acids is 1. The van der Waals surface area contributed by atoms with E-state index in [4.69, 9.17) is 5.11 Å². The molecule has 0 amide bonds. The van der Waals surface area contributed by atoms with E-state index in [2.05, 4.69) is 4.99 Å². The molecule has 0 aromatic rings. The molecule has 0 aliphatic carbocycles. The first-order chi connectivity index (χ1) is 5.27. The minimum Gasteiger partial charge on any atom is -0.481 e. The second kappa shape index (κ2) is 6.96. The average molecular weight is 157 g/mol. The monoisotopic (exact) mass is 157 g/mol. The van der Waals surface area contributed by atoms with Crippen molar-refractivity contribution >= 4 is 12.0 Å². The maximum absolute atomic E-state index is 10.0. The van der Waals surface area contributed by atoms with Crippen molar-refractivity contribution in [3.8, 4) is 0 Å². The summed E-state index contributed by atoms with van der Waals surface area (Å²) in [6.07, 6.45) is 3.85. The van der Waals surface area contributed by atoms with E-state index in [1.54, 1.807) is 0 Å². The molecule has 0 saturated carbocycles. The third kappa shape index (κ3) is 8.85. The van der Waals surface area contributed by atoms with E-state index in [-0.39, 0.29) is 6.42 Å². The number of rotatable bonds is 6. The fraction of sp³-hybridized carbons (Fsp3) is 0.714. The molecule has 0 atom stereocenters. The molecule has 4 heteroatoms. The van der Waals surface area contributed by atoms with Crippen LogP contribution in [0.3, 0.4) is 0 Å². The van der Waals surface area contributed by atoms with Gasteiger partial charge in [0.15, 0.2) is 0 Å². The average Bonchev–Trinajstić information content (AvgIpc) is 1.96. The minimum atomic E-state index is -0.774. The van der Waals surface area contributed by atoms with Gasteiger partial charge in [0.2, 0.25) is 6.08 Å². The highest BCUT2D eigenvalue weighted by atomic mass is 16.4. The summed E-state index contributed by atoms with van der Waals surface area (Å²) in [4.78, 5) is 22.9. The number of nitrogens with zero attached hydrogens (tertiary/aromatic N) is 1. The van der Waals surface area contributed by atoms with E-state index in [0.717, 1.165) is 12.8 Å². The van der Waals surface area contributed by atoms with Gasteiger partial charge in [-0.1, -0.05) is 6.42 Å². The van der Waals surface area contributed by atoms with E-state index >= 15 is 0 Å². The maximum atomic E-state index is 10.0. The lowest BCUT2D eigenvalue weighted by molar-refractivity contribution is -0.137. The van der Waals surface area contributed by atoms with Gasteiger partial charge in [-0.2, -0.15) is 0 Å². The summed E-state index contributed by atoms with van der Waals surface area (Å²) in [5.74, 6) is -0.774. The number of unbranched alkanes of at least 4 members (excludes halogenated alkanes) is 2. The van der Waals surface area contributed by atoms with Crippen molar-refractivity contribution in [2.45, 2.75) is 25.7 Å². The molecule has 62 valence electrons. The van der Waals surface area contributed by atoms with E-state index in [1.807, 2.05) is 0 Å². The zero-order valence-corrected chi connectivity index (χ0v) is 6.25. The van der Waals surface area contributed by atoms with Gasteiger partial charge in [0.1, 0.15) is 0 Å². The second-order valence-electron chi connectivity index (χ2n) is 2.18. The Morgan fingerprint density at radius 2 is 2.09 bits per heavy atom. The minimum absolute atomic E-state index is 0.199. The Morgan fingerprint density at radius 3 is 2.64 bits per heavy atom. The lowest BCUT2D eigenvalue weighted by Gasteiger charge is -1.92. The Balaban J connectivity index is 3.02. The maximum Gasteiger partial charge on any atom is 0.303 e. The Bertz CT molecular complexity index is 157. The molecule has 0 aromatic carbocycles. The first-order valence-corrected chi connectivity index (χ1v) is 3.53. The largest absolute Gasteiger partial charge is 0.481 e. The lowest BCUT2D eigenvalue weighted by atomic mass is 10.2. The van der Waals surface area contributed by atoms with Gasteiger partial charge in [-0.05, 0) is 12.8 Å². The van der Waals surface area contributed by atoms with Crippen molar-refractivity contribution in [2.75, 3.05) is 6.54 Å². The molecule has 0 rings (SSSR count). The number of hydrogen-bond donors (Lipinski definition) is 1. The first-order valence-electron chi connectivity index (χ1n) is 3.53. The molecule has 4 nitrogen and oxygen atoms in total. The van der Waals surface area contributed by atoms with Crippen LogP contribution in [-0.4, -0.2) is 23.7 Å². The van der Waals surface area contributed by atoms with Gasteiger partial charge in [-0.15, -0.1) is 0 Å². The SMILES string of the molecule is O=C=NCCCCCC(=O)O. The molecule has 0 aliphatic rings. The predicted molar refractivity (Wildman–Crippen MR) is 39.1 cm³/mol. The Labute approximate surface area is 64.9 Å². The van der Waals surface area contributed by atoms with Crippen molar-refractivity contribution in [1.29, 1.82) is 0 Å². The number of aliphatic carboxylic acids is 1. The molecule has 0 saturated heterocycles. The van der Waals surface area contributed by atoms with Crippen LogP contribution < -0.4 is 0 Å². The van der Waals surface area contributed by atoms with E-state index in [0.29, 0.717) is 13.0 Å². The van der Waals surface area contributed by atoms with Gasteiger partial charge in [-0.25, -0.2) is 9.79 Å². The van der Waals surface area contributed by atoms with Crippen LogP contribution in [-0.2, 0) is 9.59 Å². The van der Waals surface area contributed by atoms with Crippen LogP contribution in [0, 0.1) is 0 Å². The van der Waals surface area contributed by atoms with Crippen LogP contribution in [0.25, 0.3) is 0 Å². The van der Waals surface area contributed by atoms with Gasteiger partial charge in [0, 0.05) is 6.42 Å². The predicted octanol–water partition coefficient (Wildman–Crippen LogP) is 0.967. The molecule has 0 bridgehead atoms. The number of hydrogen-bond acceptors (Lipinski definition) is 3. The van der Waals surface area contributed by atoms with E-state index < -0.39 is 5.97 Å². The first kappa shape index (κ1) is 9.85. The third-order valence-corrected chi connectivity index (χ3v) is 1.23. The molecule has 0 unspecified atom stereocenters. The highest BCUT2D eigenvalue weighted by molar-refractivity contribution is 5.66. The molecule has 0 heterocycles. The number of carbonyl (C=O) groups excluding carboxylic acids is 1. The molecule has 1 N–H and O–H groups in total. The van der Waals surface area contributed by atoms with Crippen molar-refractivity contribution in [1.82, 2.24) is 0 Å². The fourth-order valence-corrected chi connectivity index (χ4v) is 0.690. The van der Waals surface area contributed by atoms with Crippen LogP contribution in [0.1, 0.15) is 25.7 Å². The zero-order chi connectivity index (χ0) is 8.53. The van der Waals surface area contributed by atoms with E-state index in [1.165, 1.54) is 6.08 Å². The van der Waals surface area contributed by atoms with Crippen molar-refractivity contribution in [3.63, 3.8) is 0 Å². The molecule has 0 fully saturated rings. The van der Waals surface area contributed by atoms with Crippen molar-refractivity contribution < 1.29 is 14.7 Å². The summed E-state index contributed by atoms with van der Waals surface area (Å²) in [7, 11) is 0. The Hall–Kier alpha value is -1.15. The summed E-state index contributed by atoms with van der Waals surface area (Å²) in [5.41, 5.74) is 0. The Kier molecular flexibility index (Phi) is 6.24. The fourth-order valence-electron chi connectivity index (χ4n) is 0.690. The molecule has 0 spiro atoms. The number of carbonyl (C=O) groups is 1. The van der Waals surface area contributed by atoms with Crippen LogP contribution in [0.2, 0.25) is 0 Å². The smallest absolute Gasteiger partial charge is 0.303 e. The van der Waals surface area contributed by atoms with Gasteiger partial charge in [-0.3, -0.25) is 4.79 Å². The van der Waals surface area contributed by atoms with Crippen LogP contribution in [0.4, 0.5) is 0 Å².